The van der Waals surface area contributed by atoms with Gasteiger partial charge in [-0.3, -0.25) is 0 Å². The summed E-state index contributed by atoms with van der Waals surface area (Å²) in [6, 6.07) is 12.5. The second kappa shape index (κ2) is 5.57. The van der Waals surface area contributed by atoms with Crippen LogP contribution in [0.4, 0.5) is 0 Å². The van der Waals surface area contributed by atoms with Gasteiger partial charge in [0.15, 0.2) is 30.4 Å². The Morgan fingerprint density at radius 2 is 1.29 bits per heavy atom. The molecular formula is C18H24N2O+2. The molecule has 2 aromatic rings. The highest BCUT2D eigenvalue weighted by Gasteiger charge is 2.69. The highest BCUT2D eigenvalue weighted by molar-refractivity contribution is 4.96. The minimum absolute atomic E-state index is 0.176. The van der Waals surface area contributed by atoms with Gasteiger partial charge in [0, 0.05) is 24.3 Å². The molecule has 0 bridgehead atoms. The van der Waals surface area contributed by atoms with Gasteiger partial charge in [-0.25, -0.2) is 0 Å². The van der Waals surface area contributed by atoms with Gasteiger partial charge in [-0.15, -0.1) is 9.13 Å². The van der Waals surface area contributed by atoms with Gasteiger partial charge in [0.25, 0.3) is 0 Å². The molecule has 3 heterocycles. The first-order chi connectivity index (χ1) is 10.3. The van der Waals surface area contributed by atoms with Crippen LogP contribution in [-0.4, -0.2) is 12.2 Å². The molecule has 1 fully saturated rings. The smallest absolute Gasteiger partial charge is 0.360 e. The van der Waals surface area contributed by atoms with Crippen LogP contribution in [0.5, 0.6) is 0 Å². The number of hydrogen-bond acceptors (Lipinski definition) is 1. The predicted octanol–water partition coefficient (Wildman–Crippen LogP) is 2.44. The normalized spacial score (nSPS) is 19.5. The van der Waals surface area contributed by atoms with E-state index in [9.17, 15) is 0 Å². The van der Waals surface area contributed by atoms with Crippen LogP contribution in [0.3, 0.4) is 0 Å². The molecule has 2 aromatic heterocycles. The van der Waals surface area contributed by atoms with Crippen LogP contribution in [0.1, 0.15) is 33.1 Å². The van der Waals surface area contributed by atoms with E-state index in [0.717, 1.165) is 25.9 Å². The number of rotatable bonds is 4. The van der Waals surface area contributed by atoms with Crippen molar-refractivity contribution >= 4 is 0 Å². The van der Waals surface area contributed by atoms with Gasteiger partial charge in [-0.05, 0) is 12.8 Å². The van der Waals surface area contributed by atoms with Crippen molar-refractivity contribution in [1.29, 1.82) is 0 Å². The second-order valence-corrected chi connectivity index (χ2v) is 5.68. The summed E-state index contributed by atoms with van der Waals surface area (Å²) in [5.74, 6) is 0. The Hall–Kier alpha value is -1.74. The highest BCUT2D eigenvalue weighted by Crippen LogP contribution is 2.41. The van der Waals surface area contributed by atoms with Crippen molar-refractivity contribution in [3.05, 3.63) is 61.2 Å². The Bertz CT molecular complexity index is 539. The van der Waals surface area contributed by atoms with Gasteiger partial charge in [-0.1, -0.05) is 26.0 Å². The molecule has 1 aliphatic heterocycles. The van der Waals surface area contributed by atoms with Crippen LogP contribution in [-0.2, 0) is 10.4 Å². The van der Waals surface area contributed by atoms with Gasteiger partial charge in [-0.2, -0.15) is 0 Å². The van der Waals surface area contributed by atoms with Crippen LogP contribution in [0.25, 0.3) is 0 Å². The molecular weight excluding hydrogens is 260 g/mol. The lowest BCUT2D eigenvalue weighted by Gasteiger charge is -2.33. The van der Waals surface area contributed by atoms with Gasteiger partial charge < -0.3 is 4.74 Å². The molecule has 0 amide bonds. The first kappa shape index (κ1) is 14.2. The molecule has 110 valence electrons. The van der Waals surface area contributed by atoms with Crippen LogP contribution in [0.15, 0.2) is 61.2 Å². The minimum atomic E-state index is -0.195. The summed E-state index contributed by atoms with van der Waals surface area (Å²) in [4.78, 5) is 0. The molecule has 0 atom stereocenters. The number of ether oxygens (including phenoxy) is 1. The first-order valence-corrected chi connectivity index (χ1v) is 7.86. The van der Waals surface area contributed by atoms with Gasteiger partial charge in [0.1, 0.15) is 6.42 Å². The van der Waals surface area contributed by atoms with E-state index in [2.05, 4.69) is 84.2 Å². The van der Waals surface area contributed by atoms with Crippen molar-refractivity contribution in [2.24, 2.45) is 0 Å². The molecule has 21 heavy (non-hydrogen) atoms. The lowest BCUT2D eigenvalue weighted by molar-refractivity contribution is -1.00. The van der Waals surface area contributed by atoms with Crippen molar-refractivity contribution in [3.63, 3.8) is 0 Å². The SMILES string of the molecule is CCC1(CC)OCCC1([n+]1ccccc1)[n+]1ccccc1. The molecule has 3 nitrogen and oxygen atoms in total. The van der Waals surface area contributed by atoms with Crippen LogP contribution < -0.4 is 9.13 Å². The molecule has 0 spiro atoms. The standard InChI is InChI=1S/C18H24N2O/c1-3-17(4-2)18(11-16-21-17,19-12-7-5-8-13-19)20-14-9-6-10-15-20/h5-10,12-15H,3-4,11,16H2,1-2H3/q+2. The lowest BCUT2D eigenvalue weighted by Crippen LogP contribution is -2.80. The van der Waals surface area contributed by atoms with Crippen molar-refractivity contribution < 1.29 is 13.9 Å². The number of aromatic nitrogens is 2. The fourth-order valence-electron chi connectivity index (χ4n) is 3.91. The van der Waals surface area contributed by atoms with E-state index in [-0.39, 0.29) is 11.3 Å². The largest absolute Gasteiger partial charge is 0.392 e. The average molecular weight is 284 g/mol. The van der Waals surface area contributed by atoms with E-state index in [1.807, 2.05) is 0 Å². The Labute approximate surface area is 126 Å². The fourth-order valence-corrected chi connectivity index (χ4v) is 3.91. The highest BCUT2D eigenvalue weighted by atomic mass is 16.5. The molecule has 1 saturated heterocycles. The number of nitrogens with zero attached hydrogens (tertiary/aromatic N) is 2. The third-order valence-electron chi connectivity index (χ3n) is 4.99. The van der Waals surface area contributed by atoms with Crippen LogP contribution in [0, 0.1) is 0 Å². The lowest BCUT2D eigenvalue weighted by atomic mass is 9.81. The number of pyridine rings is 2. The zero-order chi connectivity index (χ0) is 14.8. The zero-order valence-corrected chi connectivity index (χ0v) is 12.9. The van der Waals surface area contributed by atoms with Crippen molar-refractivity contribution in [2.45, 2.75) is 44.4 Å². The Morgan fingerprint density at radius 3 is 1.71 bits per heavy atom. The molecule has 3 heteroatoms. The van der Waals surface area contributed by atoms with Crippen molar-refractivity contribution in [2.75, 3.05) is 6.61 Å². The topological polar surface area (TPSA) is 17.0 Å². The number of hydrogen-bond donors (Lipinski definition) is 0. The van der Waals surface area contributed by atoms with E-state index in [1.54, 1.807) is 0 Å². The van der Waals surface area contributed by atoms with Gasteiger partial charge >= 0.3 is 5.66 Å². The molecule has 0 aliphatic carbocycles. The second-order valence-electron chi connectivity index (χ2n) is 5.68. The van der Waals surface area contributed by atoms with Crippen LogP contribution in [0.2, 0.25) is 0 Å². The van der Waals surface area contributed by atoms with Gasteiger partial charge in [0.05, 0.1) is 6.61 Å². The van der Waals surface area contributed by atoms with Crippen molar-refractivity contribution in [1.82, 2.24) is 0 Å². The molecule has 1 aliphatic rings. The molecule has 0 unspecified atom stereocenters. The quantitative estimate of drug-likeness (QED) is 0.788. The summed E-state index contributed by atoms with van der Waals surface area (Å²) >= 11 is 0. The predicted molar refractivity (Wildman–Crippen MR) is 80.5 cm³/mol. The Kier molecular flexibility index (Phi) is 3.77. The Morgan fingerprint density at radius 1 is 0.810 bits per heavy atom. The monoisotopic (exact) mass is 284 g/mol. The van der Waals surface area contributed by atoms with E-state index >= 15 is 0 Å². The average Bonchev–Trinajstić information content (AvgIpc) is 2.97. The third-order valence-corrected chi connectivity index (χ3v) is 4.99. The van der Waals surface area contributed by atoms with Crippen molar-refractivity contribution in [3.8, 4) is 0 Å². The fraction of sp³-hybridized carbons (Fsp3) is 0.444. The first-order valence-electron chi connectivity index (χ1n) is 7.86. The maximum absolute atomic E-state index is 6.32. The van der Waals surface area contributed by atoms with Crippen LogP contribution >= 0.6 is 0 Å². The summed E-state index contributed by atoms with van der Waals surface area (Å²) in [7, 11) is 0. The third kappa shape index (κ3) is 1.99. The maximum atomic E-state index is 6.32. The summed E-state index contributed by atoms with van der Waals surface area (Å²) in [6.07, 6.45) is 11.6. The molecule has 3 rings (SSSR count). The molecule has 0 saturated carbocycles. The Balaban J connectivity index is 2.26. The summed E-state index contributed by atoms with van der Waals surface area (Å²) in [5, 5.41) is 0. The maximum Gasteiger partial charge on any atom is 0.392 e. The zero-order valence-electron chi connectivity index (χ0n) is 12.9. The molecule has 0 radical (unpaired) electrons. The van der Waals surface area contributed by atoms with E-state index in [1.165, 1.54) is 0 Å². The van der Waals surface area contributed by atoms with Gasteiger partial charge in [0.2, 0.25) is 0 Å². The minimum Gasteiger partial charge on any atom is -0.360 e. The summed E-state index contributed by atoms with van der Waals surface area (Å²) < 4.78 is 11.0. The summed E-state index contributed by atoms with van der Waals surface area (Å²) in [6.45, 7) is 5.26. The molecule has 0 aromatic carbocycles. The van der Waals surface area contributed by atoms with E-state index < -0.39 is 0 Å². The van der Waals surface area contributed by atoms with E-state index in [0.29, 0.717) is 0 Å². The van der Waals surface area contributed by atoms with E-state index in [4.69, 9.17) is 4.74 Å². The molecule has 0 N–H and O–H groups in total. The summed E-state index contributed by atoms with van der Waals surface area (Å²) in [5.41, 5.74) is -0.371.